The molecule has 1 aromatic carbocycles. The molecular formula is C20H21ClN2. The molecule has 2 aliphatic rings. The van der Waals surface area contributed by atoms with Crippen LogP contribution in [0.2, 0.25) is 0 Å². The van der Waals surface area contributed by atoms with E-state index in [0.717, 1.165) is 59.7 Å². The van der Waals surface area contributed by atoms with E-state index in [0.29, 0.717) is 0 Å². The number of hydrogen-bond donors (Lipinski definition) is 0. The molecule has 0 heterocycles. The van der Waals surface area contributed by atoms with Crippen LogP contribution < -0.4 is 0 Å². The van der Waals surface area contributed by atoms with E-state index < -0.39 is 0 Å². The maximum Gasteiger partial charge on any atom is 0.0629 e. The molecule has 0 saturated carbocycles. The minimum absolute atomic E-state index is 0.820. The molecule has 2 aliphatic carbocycles. The third kappa shape index (κ3) is 4.52. The van der Waals surface area contributed by atoms with E-state index in [-0.39, 0.29) is 0 Å². The average Bonchev–Trinajstić information content (AvgIpc) is 2.61. The quantitative estimate of drug-likeness (QED) is 0.597. The summed E-state index contributed by atoms with van der Waals surface area (Å²) in [5, 5.41) is 0.820. The Bertz CT molecular complexity index is 694. The topological polar surface area (TPSA) is 24.7 Å². The zero-order valence-electron chi connectivity index (χ0n) is 13.2. The summed E-state index contributed by atoms with van der Waals surface area (Å²) in [6, 6.07) is 9.95. The Kier molecular flexibility index (Phi) is 5.60. The van der Waals surface area contributed by atoms with E-state index in [2.05, 4.69) is 22.1 Å². The van der Waals surface area contributed by atoms with Crippen LogP contribution >= 0.6 is 11.6 Å². The van der Waals surface area contributed by atoms with Gasteiger partial charge in [-0.1, -0.05) is 35.9 Å². The second kappa shape index (κ2) is 8.07. The first-order chi connectivity index (χ1) is 11.3. The summed E-state index contributed by atoms with van der Waals surface area (Å²) in [4.78, 5) is 9.14. The molecule has 2 nitrogen and oxygen atoms in total. The molecule has 1 aromatic rings. The van der Waals surface area contributed by atoms with Gasteiger partial charge in [0.15, 0.2) is 0 Å². The molecule has 3 rings (SSSR count). The molecule has 23 heavy (non-hydrogen) atoms. The van der Waals surface area contributed by atoms with Crippen LogP contribution in [-0.2, 0) is 0 Å². The van der Waals surface area contributed by atoms with Crippen molar-refractivity contribution >= 4 is 29.2 Å². The third-order valence-electron chi connectivity index (χ3n) is 4.08. The van der Waals surface area contributed by atoms with Gasteiger partial charge in [-0.2, -0.15) is 0 Å². The molecular weight excluding hydrogens is 304 g/mol. The Balaban J connectivity index is 1.78. The minimum atomic E-state index is 0.820. The Morgan fingerprint density at radius 3 is 2.65 bits per heavy atom. The summed E-state index contributed by atoms with van der Waals surface area (Å²) in [6.45, 7) is 0. The summed E-state index contributed by atoms with van der Waals surface area (Å²) in [5.41, 5.74) is 4.33. The van der Waals surface area contributed by atoms with Crippen LogP contribution in [0.3, 0.4) is 0 Å². The molecule has 0 saturated heterocycles. The van der Waals surface area contributed by atoms with Gasteiger partial charge in [-0.3, -0.25) is 9.98 Å². The van der Waals surface area contributed by atoms with Crippen molar-refractivity contribution in [1.82, 2.24) is 0 Å². The van der Waals surface area contributed by atoms with E-state index in [1.807, 2.05) is 42.7 Å². The van der Waals surface area contributed by atoms with Gasteiger partial charge in [0.05, 0.1) is 10.7 Å². The smallest absolute Gasteiger partial charge is 0.0629 e. The van der Waals surface area contributed by atoms with Crippen molar-refractivity contribution < 1.29 is 0 Å². The fraction of sp³-hybridized carbons (Fsp3) is 0.300. The average molecular weight is 325 g/mol. The Morgan fingerprint density at radius 1 is 1.00 bits per heavy atom. The Hall–Kier alpha value is -1.93. The van der Waals surface area contributed by atoms with Crippen LogP contribution in [0.1, 0.15) is 38.5 Å². The van der Waals surface area contributed by atoms with Gasteiger partial charge in [0.25, 0.3) is 0 Å². The van der Waals surface area contributed by atoms with Crippen molar-refractivity contribution in [3.05, 3.63) is 64.9 Å². The zero-order valence-corrected chi connectivity index (χ0v) is 14.0. The van der Waals surface area contributed by atoms with Gasteiger partial charge in [-0.25, -0.2) is 0 Å². The maximum absolute atomic E-state index is 6.57. The van der Waals surface area contributed by atoms with Gasteiger partial charge in [-0.05, 0) is 67.9 Å². The van der Waals surface area contributed by atoms with Crippen LogP contribution in [0.4, 0.5) is 5.69 Å². The summed E-state index contributed by atoms with van der Waals surface area (Å²) in [5.74, 6) is 0. The number of para-hydroxylation sites is 1. The highest BCUT2D eigenvalue weighted by Crippen LogP contribution is 2.32. The molecule has 0 atom stereocenters. The monoisotopic (exact) mass is 324 g/mol. The molecule has 0 bridgehead atoms. The highest BCUT2D eigenvalue weighted by Gasteiger charge is 2.14. The lowest BCUT2D eigenvalue weighted by molar-refractivity contribution is 0.798. The molecule has 118 valence electrons. The number of aliphatic imine (C=N–C) groups is 2. The minimum Gasteiger partial charge on any atom is -0.261 e. The number of hydrogen-bond acceptors (Lipinski definition) is 2. The SMILES string of the molecule is ClC1=C(C=Nc2ccccc2)CCC/C1=C\N=C1C=CCCC1. The standard InChI is InChI=1S/C20H21ClN2/c21-20-16(14-22-18-10-3-1-4-11-18)8-7-9-17(20)15-23-19-12-5-2-6-13-19/h1,3-5,10-12,14-15H,2,6-9,13H2/b17-15+,22-14?,23-19?. The van der Waals surface area contributed by atoms with Crippen LogP contribution in [0.15, 0.2) is 74.8 Å². The number of rotatable bonds is 3. The van der Waals surface area contributed by atoms with Crippen LogP contribution in [0, 0.1) is 0 Å². The molecule has 0 fully saturated rings. The van der Waals surface area contributed by atoms with E-state index in [1.54, 1.807) is 0 Å². The Labute approximate surface area is 143 Å². The van der Waals surface area contributed by atoms with E-state index in [1.165, 1.54) is 6.42 Å². The van der Waals surface area contributed by atoms with Crippen LogP contribution in [0.25, 0.3) is 0 Å². The first kappa shape index (κ1) is 15.9. The van der Waals surface area contributed by atoms with E-state index in [4.69, 9.17) is 11.6 Å². The summed E-state index contributed by atoms with van der Waals surface area (Å²) < 4.78 is 0. The first-order valence-electron chi connectivity index (χ1n) is 8.23. The molecule has 0 aliphatic heterocycles. The van der Waals surface area contributed by atoms with E-state index >= 15 is 0 Å². The molecule has 3 heteroatoms. The van der Waals surface area contributed by atoms with Gasteiger partial charge >= 0.3 is 0 Å². The molecule has 0 aromatic heterocycles. The molecule has 0 N–H and O–H groups in total. The number of allylic oxidation sites excluding steroid dienone is 5. The molecule has 0 radical (unpaired) electrons. The Morgan fingerprint density at radius 2 is 1.87 bits per heavy atom. The lowest BCUT2D eigenvalue weighted by Gasteiger charge is -2.16. The highest BCUT2D eigenvalue weighted by molar-refractivity contribution is 6.33. The maximum atomic E-state index is 6.57. The summed E-state index contributed by atoms with van der Waals surface area (Å²) in [6.07, 6.45) is 14.6. The normalized spacial score (nSPS) is 22.5. The predicted molar refractivity (Wildman–Crippen MR) is 99.8 cm³/mol. The van der Waals surface area contributed by atoms with E-state index in [9.17, 15) is 0 Å². The van der Waals surface area contributed by atoms with Gasteiger partial charge in [0, 0.05) is 18.1 Å². The van der Waals surface area contributed by atoms with Gasteiger partial charge in [-0.15, -0.1) is 0 Å². The van der Waals surface area contributed by atoms with Crippen molar-refractivity contribution in [3.8, 4) is 0 Å². The third-order valence-corrected chi connectivity index (χ3v) is 4.57. The second-order valence-electron chi connectivity index (χ2n) is 5.86. The molecule has 0 spiro atoms. The lowest BCUT2D eigenvalue weighted by Crippen LogP contribution is -2.01. The summed E-state index contributed by atoms with van der Waals surface area (Å²) >= 11 is 6.57. The summed E-state index contributed by atoms with van der Waals surface area (Å²) in [7, 11) is 0. The number of nitrogens with zero attached hydrogens (tertiary/aromatic N) is 2. The second-order valence-corrected chi connectivity index (χ2v) is 6.23. The van der Waals surface area contributed by atoms with Gasteiger partial charge in [0.1, 0.15) is 0 Å². The fourth-order valence-corrected chi connectivity index (χ4v) is 3.06. The van der Waals surface area contributed by atoms with Crippen molar-refractivity contribution in [1.29, 1.82) is 0 Å². The van der Waals surface area contributed by atoms with Crippen molar-refractivity contribution in [2.45, 2.75) is 38.5 Å². The predicted octanol–water partition coefficient (Wildman–Crippen LogP) is 6.13. The molecule has 0 amide bonds. The fourth-order valence-electron chi connectivity index (χ4n) is 2.78. The van der Waals surface area contributed by atoms with Crippen molar-refractivity contribution in [2.75, 3.05) is 0 Å². The number of benzene rings is 1. The first-order valence-corrected chi connectivity index (χ1v) is 8.61. The molecule has 0 unspecified atom stereocenters. The largest absolute Gasteiger partial charge is 0.261 e. The van der Waals surface area contributed by atoms with Crippen LogP contribution in [0.5, 0.6) is 0 Å². The number of halogens is 1. The van der Waals surface area contributed by atoms with Crippen molar-refractivity contribution in [3.63, 3.8) is 0 Å². The highest BCUT2D eigenvalue weighted by atomic mass is 35.5. The lowest BCUT2D eigenvalue weighted by atomic mass is 9.96. The van der Waals surface area contributed by atoms with Gasteiger partial charge < -0.3 is 0 Å². The zero-order chi connectivity index (χ0) is 15.9. The van der Waals surface area contributed by atoms with Crippen LogP contribution in [-0.4, -0.2) is 11.9 Å². The van der Waals surface area contributed by atoms with Gasteiger partial charge in [0.2, 0.25) is 0 Å². The van der Waals surface area contributed by atoms with Crippen molar-refractivity contribution in [2.24, 2.45) is 9.98 Å².